The summed E-state index contributed by atoms with van der Waals surface area (Å²) in [6.07, 6.45) is 1.47. The number of alkyl halides is 3. The van der Waals surface area contributed by atoms with Crippen molar-refractivity contribution in [3.8, 4) is 5.75 Å². The molecule has 0 aromatic carbocycles. The third-order valence-corrected chi connectivity index (χ3v) is 6.80. The van der Waals surface area contributed by atoms with Crippen molar-refractivity contribution < 1.29 is 41.7 Å². The predicted octanol–water partition coefficient (Wildman–Crippen LogP) is 4.61. The molecule has 40 heavy (non-hydrogen) atoms. The van der Waals surface area contributed by atoms with E-state index in [-0.39, 0.29) is 34.2 Å². The number of carboxylic acids is 1. The lowest BCUT2D eigenvalue weighted by Gasteiger charge is -2.41. The number of aromatic nitrogens is 4. The Morgan fingerprint density at radius 3 is 2.50 bits per heavy atom. The van der Waals surface area contributed by atoms with Gasteiger partial charge in [-0.05, 0) is 51.8 Å². The molecule has 0 radical (unpaired) electrons. The van der Waals surface area contributed by atoms with E-state index in [1.54, 1.807) is 48.8 Å². The Bertz CT molecular complexity index is 1620. The van der Waals surface area contributed by atoms with Gasteiger partial charge in [0.2, 0.25) is 5.82 Å². The molecule has 4 aromatic rings. The summed E-state index contributed by atoms with van der Waals surface area (Å²) in [5.41, 5.74) is 2.03. The first-order valence-electron chi connectivity index (χ1n) is 12.3. The molecule has 2 N–H and O–H groups in total. The maximum Gasteiger partial charge on any atom is 0.490 e. The maximum absolute atomic E-state index is 15.7. The van der Waals surface area contributed by atoms with E-state index in [0.717, 1.165) is 24.1 Å². The van der Waals surface area contributed by atoms with Crippen molar-refractivity contribution in [2.45, 2.75) is 56.9 Å². The monoisotopic (exact) mass is 563 g/mol. The largest absolute Gasteiger partial charge is 0.490 e. The number of imidazole rings is 1. The average molecular weight is 564 g/mol. The summed E-state index contributed by atoms with van der Waals surface area (Å²) >= 11 is 0. The van der Waals surface area contributed by atoms with Gasteiger partial charge in [0, 0.05) is 17.8 Å². The van der Waals surface area contributed by atoms with Gasteiger partial charge in [-0.1, -0.05) is 6.07 Å². The van der Waals surface area contributed by atoms with Crippen LogP contribution >= 0.6 is 0 Å². The van der Waals surface area contributed by atoms with Crippen molar-refractivity contribution in [2.75, 3.05) is 11.9 Å². The average Bonchev–Trinajstić information content (AvgIpc) is 3.62. The number of anilines is 1. The number of nitrogens with one attached hydrogen (secondary N) is 1. The predicted molar refractivity (Wildman–Crippen MR) is 133 cm³/mol. The van der Waals surface area contributed by atoms with Gasteiger partial charge >= 0.3 is 12.1 Å². The lowest BCUT2D eigenvalue weighted by molar-refractivity contribution is -0.192. The summed E-state index contributed by atoms with van der Waals surface area (Å²) in [6, 6.07) is 7.10. The normalized spacial score (nSPS) is 21.7. The zero-order valence-electron chi connectivity index (χ0n) is 21.6. The zero-order valence-corrected chi connectivity index (χ0v) is 21.6. The molecule has 6 heterocycles. The Morgan fingerprint density at radius 1 is 1.20 bits per heavy atom. The first kappa shape index (κ1) is 27.4. The number of ether oxygens (including phenoxy) is 2. The second-order valence-corrected chi connectivity index (χ2v) is 10.4. The fraction of sp³-hybridized carbons (Fsp3) is 0.385. The molecular weight excluding hydrogens is 538 g/mol. The summed E-state index contributed by atoms with van der Waals surface area (Å²) in [4.78, 5) is 26.6. The van der Waals surface area contributed by atoms with Crippen LogP contribution in [0.25, 0.3) is 11.2 Å². The number of amides is 1. The highest BCUT2D eigenvalue weighted by molar-refractivity contribution is 6.04. The molecule has 2 aliphatic heterocycles. The van der Waals surface area contributed by atoms with Crippen molar-refractivity contribution in [1.82, 2.24) is 19.0 Å². The van der Waals surface area contributed by atoms with E-state index >= 15 is 4.39 Å². The van der Waals surface area contributed by atoms with Crippen molar-refractivity contribution in [2.24, 2.45) is 0 Å². The van der Waals surface area contributed by atoms with E-state index in [1.165, 1.54) is 4.52 Å². The SMILES string of the molecule is CC(C)Oc1c(NC(=O)c2cccc3ccnn23)cn2cc(C34COC(C)(C3)C4)nc2c1F.O=C(O)C(F)(F)F. The number of nitrogens with zero attached hydrogens (tertiary/aromatic N) is 4. The number of hydrogen-bond acceptors (Lipinski definition) is 6. The second kappa shape index (κ2) is 9.47. The molecule has 4 aromatic heterocycles. The molecule has 1 saturated carbocycles. The van der Waals surface area contributed by atoms with E-state index in [9.17, 15) is 18.0 Å². The van der Waals surface area contributed by atoms with Crippen LogP contribution in [0.3, 0.4) is 0 Å². The number of carboxylic acid groups (broad SMARTS) is 1. The highest BCUT2D eigenvalue weighted by Crippen LogP contribution is 2.58. The number of carbonyl (C=O) groups excluding carboxylic acids is 1. The van der Waals surface area contributed by atoms with Crippen LogP contribution in [-0.2, 0) is 14.9 Å². The highest BCUT2D eigenvalue weighted by atomic mass is 19.4. The molecule has 2 bridgehead atoms. The molecule has 212 valence electrons. The number of hydrogen-bond donors (Lipinski definition) is 2. The smallest absolute Gasteiger partial charge is 0.486 e. The molecule has 0 spiro atoms. The molecule has 7 rings (SSSR count). The van der Waals surface area contributed by atoms with Gasteiger partial charge in [0.1, 0.15) is 11.4 Å². The van der Waals surface area contributed by atoms with Gasteiger partial charge in [-0.25, -0.2) is 14.3 Å². The van der Waals surface area contributed by atoms with E-state index in [1.807, 2.05) is 12.3 Å². The van der Waals surface area contributed by atoms with Gasteiger partial charge in [-0.15, -0.1) is 0 Å². The summed E-state index contributed by atoms with van der Waals surface area (Å²) in [7, 11) is 0. The minimum absolute atomic E-state index is 0.0331. The summed E-state index contributed by atoms with van der Waals surface area (Å²) in [5.74, 6) is -3.82. The van der Waals surface area contributed by atoms with Crippen LogP contribution in [0.2, 0.25) is 0 Å². The molecule has 10 nitrogen and oxygen atoms in total. The molecule has 3 fully saturated rings. The van der Waals surface area contributed by atoms with E-state index < -0.39 is 23.9 Å². The quantitative estimate of drug-likeness (QED) is 0.340. The van der Waals surface area contributed by atoms with Crippen molar-refractivity contribution in [3.05, 3.63) is 60.1 Å². The van der Waals surface area contributed by atoms with Crippen molar-refractivity contribution >= 4 is 28.7 Å². The molecule has 1 aliphatic carbocycles. The summed E-state index contributed by atoms with van der Waals surface area (Å²) < 4.78 is 62.2. The molecule has 0 atom stereocenters. The molecule has 3 aliphatic rings. The van der Waals surface area contributed by atoms with Crippen molar-refractivity contribution in [1.29, 1.82) is 0 Å². The van der Waals surface area contributed by atoms with Gasteiger partial charge in [0.25, 0.3) is 5.91 Å². The third-order valence-electron chi connectivity index (χ3n) is 6.80. The van der Waals surface area contributed by atoms with Crippen LogP contribution in [0.5, 0.6) is 5.75 Å². The van der Waals surface area contributed by atoms with Crippen LogP contribution in [0.4, 0.5) is 23.2 Å². The molecule has 2 saturated heterocycles. The van der Waals surface area contributed by atoms with Crippen molar-refractivity contribution in [3.63, 3.8) is 0 Å². The lowest BCUT2D eigenvalue weighted by Crippen LogP contribution is -2.45. The fourth-order valence-corrected chi connectivity index (χ4v) is 5.23. The van der Waals surface area contributed by atoms with Crippen LogP contribution in [0, 0.1) is 5.82 Å². The fourth-order valence-electron chi connectivity index (χ4n) is 5.23. The Kier molecular flexibility index (Phi) is 6.48. The Morgan fingerprint density at radius 2 is 1.90 bits per heavy atom. The molecule has 0 unspecified atom stereocenters. The van der Waals surface area contributed by atoms with Gasteiger partial charge in [-0.3, -0.25) is 4.79 Å². The number of carbonyl (C=O) groups is 2. The van der Waals surface area contributed by atoms with Gasteiger partial charge in [0.15, 0.2) is 11.4 Å². The number of rotatable bonds is 5. The summed E-state index contributed by atoms with van der Waals surface area (Å²) in [6.45, 7) is 6.29. The Hall–Kier alpha value is -4.20. The number of pyridine rings is 2. The van der Waals surface area contributed by atoms with Gasteiger partial charge < -0.3 is 24.3 Å². The van der Waals surface area contributed by atoms with Gasteiger partial charge in [-0.2, -0.15) is 22.7 Å². The van der Waals surface area contributed by atoms with E-state index in [0.29, 0.717) is 12.3 Å². The third kappa shape index (κ3) is 4.83. The van der Waals surface area contributed by atoms with Crippen LogP contribution in [-0.4, -0.2) is 60.5 Å². The minimum atomic E-state index is -5.08. The Labute approximate surface area is 224 Å². The topological polar surface area (TPSA) is 119 Å². The number of fused-ring (bicyclic) bond motifs is 3. The number of halogens is 4. The second-order valence-electron chi connectivity index (χ2n) is 10.4. The standard InChI is InChI=1S/C24H24FN5O3.C2HF3O2/c1-14(2)33-20-16(27-22(31)17-6-4-5-15-7-8-26-30(15)17)9-29-10-18(28-21(29)19(20)25)24-11-23(3,12-24)32-13-24;3-2(4,5)1(6)7/h4-10,14H,11-13H2,1-3H3,(H,27,31);(H,6,7). The lowest BCUT2D eigenvalue weighted by atomic mass is 9.62. The molecule has 1 amide bonds. The zero-order chi connectivity index (χ0) is 29.0. The number of aliphatic carboxylic acids is 1. The van der Waals surface area contributed by atoms with Crippen LogP contribution < -0.4 is 10.1 Å². The molecule has 14 heteroatoms. The van der Waals surface area contributed by atoms with Gasteiger partial charge in [0.05, 0.1) is 35.7 Å². The Balaban J connectivity index is 0.000000411. The van der Waals surface area contributed by atoms with E-state index in [2.05, 4.69) is 22.3 Å². The first-order chi connectivity index (χ1) is 18.7. The van der Waals surface area contributed by atoms with E-state index in [4.69, 9.17) is 19.4 Å². The molecular formula is C26H25F4N5O5. The first-order valence-corrected chi connectivity index (χ1v) is 12.3. The maximum atomic E-state index is 15.7. The highest BCUT2D eigenvalue weighted by Gasteiger charge is 2.61. The minimum Gasteiger partial charge on any atom is -0.486 e. The van der Waals surface area contributed by atoms with Crippen LogP contribution in [0.1, 0.15) is 49.8 Å². The summed E-state index contributed by atoms with van der Waals surface area (Å²) in [5, 5.41) is 14.1. The van der Waals surface area contributed by atoms with Crippen LogP contribution in [0.15, 0.2) is 42.9 Å².